The number of carboxylic acids is 1. The summed E-state index contributed by atoms with van der Waals surface area (Å²) in [5.41, 5.74) is 0. The number of hydrogen-bond acceptors (Lipinski definition) is 2. The summed E-state index contributed by atoms with van der Waals surface area (Å²) in [6.45, 7) is -0.288. The minimum Gasteiger partial charge on any atom is -0.482 e. The van der Waals surface area contributed by atoms with Gasteiger partial charge in [0.25, 0.3) is 0 Å². The van der Waals surface area contributed by atoms with Crippen LogP contribution in [0.4, 0.5) is 0 Å². The Bertz CT molecular complexity index is 235. The smallest absolute Gasteiger partial charge is 0.341 e. The highest BCUT2D eigenvalue weighted by molar-refractivity contribution is 5.68. The van der Waals surface area contributed by atoms with E-state index >= 15 is 0 Å². The number of benzene rings is 1. The average Bonchev–Trinajstić information content (AvgIpc) is 2.03. The molecule has 66 valence electrons. The van der Waals surface area contributed by atoms with E-state index in [-0.39, 0.29) is 12.8 Å². The van der Waals surface area contributed by atoms with Gasteiger partial charge in [0.2, 0.25) is 0 Å². The van der Waals surface area contributed by atoms with Crippen LogP contribution in [0.5, 0.6) is 5.75 Å². The molecule has 0 bridgehead atoms. The third kappa shape index (κ3) is 3.58. The number of quaternary nitrogens is 1. The van der Waals surface area contributed by atoms with E-state index in [1.54, 1.807) is 24.3 Å². The quantitative estimate of drug-likeness (QED) is 0.721. The van der Waals surface area contributed by atoms with Crippen molar-refractivity contribution in [3.8, 4) is 5.75 Å². The van der Waals surface area contributed by atoms with E-state index < -0.39 is 5.97 Å². The van der Waals surface area contributed by atoms with E-state index in [4.69, 9.17) is 9.84 Å². The highest BCUT2D eigenvalue weighted by atomic mass is 16.5. The molecular formula is C8H12NO3+. The minimum atomic E-state index is -0.964. The van der Waals surface area contributed by atoms with Gasteiger partial charge in [0.05, 0.1) is 0 Å². The second kappa shape index (κ2) is 5.15. The standard InChI is InChI=1S/C8H8O3.H3N/c9-8(10)6-11-7-4-2-1-3-5-7;/h1-5H,6H2,(H,9,10);1H3/p+1. The molecule has 5 N–H and O–H groups in total. The normalized spacial score (nSPS) is 8.33. The summed E-state index contributed by atoms with van der Waals surface area (Å²) in [7, 11) is 0. The van der Waals surface area contributed by atoms with E-state index in [2.05, 4.69) is 0 Å². The van der Waals surface area contributed by atoms with Crippen LogP contribution in [0.1, 0.15) is 0 Å². The Morgan fingerprint density at radius 2 is 1.92 bits per heavy atom. The maximum absolute atomic E-state index is 10.0. The number of carbonyl (C=O) groups is 1. The zero-order chi connectivity index (χ0) is 8.10. The topological polar surface area (TPSA) is 83.0 Å². The van der Waals surface area contributed by atoms with Crippen molar-refractivity contribution in [2.75, 3.05) is 6.61 Å². The zero-order valence-corrected chi connectivity index (χ0v) is 6.86. The van der Waals surface area contributed by atoms with Gasteiger partial charge in [0.1, 0.15) is 5.75 Å². The Morgan fingerprint density at radius 3 is 2.42 bits per heavy atom. The fraction of sp³-hybridized carbons (Fsp3) is 0.125. The Hall–Kier alpha value is -1.55. The van der Waals surface area contributed by atoms with Crippen molar-refractivity contribution in [1.29, 1.82) is 0 Å². The van der Waals surface area contributed by atoms with Crippen LogP contribution in [0, 0.1) is 0 Å². The molecule has 1 rings (SSSR count). The first-order chi connectivity index (χ1) is 5.29. The first-order valence-electron chi connectivity index (χ1n) is 3.18. The van der Waals surface area contributed by atoms with Gasteiger partial charge in [-0.15, -0.1) is 0 Å². The molecule has 1 aromatic carbocycles. The van der Waals surface area contributed by atoms with Gasteiger partial charge >= 0.3 is 5.97 Å². The highest BCUT2D eigenvalue weighted by Crippen LogP contribution is 2.07. The first-order valence-corrected chi connectivity index (χ1v) is 3.18. The molecule has 0 aromatic heterocycles. The molecule has 4 nitrogen and oxygen atoms in total. The average molecular weight is 170 g/mol. The molecular weight excluding hydrogens is 158 g/mol. The Kier molecular flexibility index (Phi) is 4.48. The predicted molar refractivity (Wildman–Crippen MR) is 45.6 cm³/mol. The van der Waals surface area contributed by atoms with E-state index in [1.807, 2.05) is 6.07 Å². The van der Waals surface area contributed by atoms with Gasteiger partial charge in [-0.2, -0.15) is 0 Å². The van der Waals surface area contributed by atoms with Crippen LogP contribution < -0.4 is 10.9 Å². The van der Waals surface area contributed by atoms with Crippen LogP contribution in [-0.4, -0.2) is 17.7 Å². The van der Waals surface area contributed by atoms with Crippen molar-refractivity contribution in [2.45, 2.75) is 0 Å². The third-order valence-corrected chi connectivity index (χ3v) is 1.11. The van der Waals surface area contributed by atoms with Gasteiger partial charge < -0.3 is 16.0 Å². The maximum Gasteiger partial charge on any atom is 0.341 e. The molecule has 0 aliphatic carbocycles. The summed E-state index contributed by atoms with van der Waals surface area (Å²) < 4.78 is 4.87. The monoisotopic (exact) mass is 170 g/mol. The van der Waals surface area contributed by atoms with Crippen LogP contribution in [0.2, 0.25) is 0 Å². The van der Waals surface area contributed by atoms with Crippen LogP contribution in [0.15, 0.2) is 30.3 Å². The molecule has 0 radical (unpaired) electrons. The lowest BCUT2D eigenvalue weighted by atomic mass is 10.3. The van der Waals surface area contributed by atoms with Crippen molar-refractivity contribution in [1.82, 2.24) is 6.15 Å². The predicted octanol–water partition coefficient (Wildman–Crippen LogP) is 1.53. The fourth-order valence-electron chi connectivity index (χ4n) is 0.662. The summed E-state index contributed by atoms with van der Waals surface area (Å²) >= 11 is 0. The van der Waals surface area contributed by atoms with E-state index in [9.17, 15) is 4.79 Å². The van der Waals surface area contributed by atoms with Gasteiger partial charge in [-0.3, -0.25) is 0 Å². The summed E-state index contributed by atoms with van der Waals surface area (Å²) in [4.78, 5) is 10.0. The van der Waals surface area contributed by atoms with Crippen molar-refractivity contribution < 1.29 is 14.6 Å². The zero-order valence-electron chi connectivity index (χ0n) is 6.86. The van der Waals surface area contributed by atoms with Crippen molar-refractivity contribution in [3.05, 3.63) is 30.3 Å². The minimum absolute atomic E-state index is 0. The molecule has 0 amide bonds. The molecule has 0 heterocycles. The van der Waals surface area contributed by atoms with Crippen LogP contribution in [0.25, 0.3) is 0 Å². The maximum atomic E-state index is 10.0. The molecule has 0 fully saturated rings. The largest absolute Gasteiger partial charge is 0.482 e. The van der Waals surface area contributed by atoms with Crippen molar-refractivity contribution >= 4 is 5.97 Å². The van der Waals surface area contributed by atoms with Crippen LogP contribution in [-0.2, 0) is 4.79 Å². The number of hydrogen-bond donors (Lipinski definition) is 2. The molecule has 0 unspecified atom stereocenters. The van der Waals surface area contributed by atoms with E-state index in [1.165, 1.54) is 0 Å². The first kappa shape index (κ1) is 10.4. The molecule has 12 heavy (non-hydrogen) atoms. The number of carboxylic acid groups (broad SMARTS) is 1. The summed E-state index contributed by atoms with van der Waals surface area (Å²) in [5.74, 6) is -0.385. The van der Waals surface area contributed by atoms with Gasteiger partial charge in [0, 0.05) is 0 Å². The van der Waals surface area contributed by atoms with Gasteiger partial charge in [0.15, 0.2) is 6.61 Å². The molecule has 1 aromatic rings. The van der Waals surface area contributed by atoms with Crippen molar-refractivity contribution in [2.24, 2.45) is 0 Å². The number of aliphatic carboxylic acids is 1. The molecule has 0 spiro atoms. The summed E-state index contributed by atoms with van der Waals surface area (Å²) in [6.07, 6.45) is 0. The second-order valence-electron chi connectivity index (χ2n) is 2.00. The fourth-order valence-corrected chi connectivity index (χ4v) is 0.662. The number of ether oxygens (including phenoxy) is 1. The summed E-state index contributed by atoms with van der Waals surface area (Å²) in [5, 5.41) is 8.25. The SMILES string of the molecule is O=C(O)COc1ccccc1.[NH4+]. The van der Waals surface area contributed by atoms with Gasteiger partial charge in [-0.1, -0.05) is 18.2 Å². The Morgan fingerprint density at radius 1 is 1.33 bits per heavy atom. The molecule has 4 heteroatoms. The lowest BCUT2D eigenvalue weighted by Gasteiger charge is -2.00. The molecule has 0 aliphatic heterocycles. The molecule has 0 saturated heterocycles. The van der Waals surface area contributed by atoms with Crippen LogP contribution >= 0.6 is 0 Å². The highest BCUT2D eigenvalue weighted by Gasteiger charge is 1.96. The second-order valence-corrected chi connectivity index (χ2v) is 2.00. The molecule has 0 atom stereocenters. The number of para-hydroxylation sites is 1. The summed E-state index contributed by atoms with van der Waals surface area (Å²) in [6, 6.07) is 8.84. The van der Waals surface area contributed by atoms with Crippen LogP contribution in [0.3, 0.4) is 0 Å². The Balaban J connectivity index is 0.00000121. The van der Waals surface area contributed by atoms with E-state index in [0.717, 1.165) is 0 Å². The van der Waals surface area contributed by atoms with Crippen molar-refractivity contribution in [3.63, 3.8) is 0 Å². The third-order valence-electron chi connectivity index (χ3n) is 1.11. The Labute approximate surface area is 70.4 Å². The lowest BCUT2D eigenvalue weighted by Crippen LogP contribution is -2.09. The van der Waals surface area contributed by atoms with Gasteiger partial charge in [-0.25, -0.2) is 4.79 Å². The number of rotatable bonds is 3. The van der Waals surface area contributed by atoms with Gasteiger partial charge in [-0.05, 0) is 12.1 Å². The molecule has 0 saturated carbocycles. The lowest BCUT2D eigenvalue weighted by molar-refractivity contribution is -0.139. The van der Waals surface area contributed by atoms with E-state index in [0.29, 0.717) is 5.75 Å². The molecule has 0 aliphatic rings.